The maximum Gasteiger partial charge on any atom is 0.250 e. The maximum absolute atomic E-state index is 12.5. The van der Waals surface area contributed by atoms with E-state index in [9.17, 15) is 9.59 Å². The summed E-state index contributed by atoms with van der Waals surface area (Å²) in [7, 11) is 1.58. The number of hydrogen-bond donors (Lipinski definition) is 1. The number of amides is 2. The summed E-state index contributed by atoms with van der Waals surface area (Å²) >= 11 is 0. The third kappa shape index (κ3) is 2.48. The van der Waals surface area contributed by atoms with Crippen molar-refractivity contribution in [3.05, 3.63) is 24.3 Å². The zero-order valence-electron chi connectivity index (χ0n) is 12.1. The first-order chi connectivity index (χ1) is 9.62. The molecule has 0 radical (unpaired) electrons. The third-order valence-electron chi connectivity index (χ3n) is 3.59. The number of hydrogen-bond acceptors (Lipinski definition) is 3. The third-order valence-corrected chi connectivity index (χ3v) is 3.59. The summed E-state index contributed by atoms with van der Waals surface area (Å²) in [6.07, 6.45) is 1.16. The summed E-state index contributed by atoms with van der Waals surface area (Å²) < 4.78 is 5.19. The molecule has 1 aliphatic rings. The van der Waals surface area contributed by atoms with Crippen LogP contribution in [-0.2, 0) is 9.59 Å². The Morgan fingerprint density at radius 2 is 2.00 bits per heavy atom. The second-order valence-electron chi connectivity index (χ2n) is 4.80. The lowest BCUT2D eigenvalue weighted by atomic mass is 10.0. The number of rotatable bonds is 4. The number of piperazine rings is 1. The van der Waals surface area contributed by atoms with E-state index in [1.807, 2.05) is 32.0 Å². The van der Waals surface area contributed by atoms with Crippen molar-refractivity contribution in [3.8, 4) is 5.75 Å². The fourth-order valence-electron chi connectivity index (χ4n) is 2.48. The van der Waals surface area contributed by atoms with E-state index >= 15 is 0 Å². The number of ether oxygens (including phenoxy) is 1. The molecule has 2 atom stereocenters. The first kappa shape index (κ1) is 14.4. The molecule has 1 saturated heterocycles. The molecule has 1 heterocycles. The SMILES string of the molecule is CCC1NC(=O)C(CC)N(c2cccc(OC)c2)C1=O. The van der Waals surface area contributed by atoms with Gasteiger partial charge in [-0.25, -0.2) is 0 Å². The van der Waals surface area contributed by atoms with Gasteiger partial charge in [-0.2, -0.15) is 0 Å². The number of methoxy groups -OCH3 is 1. The summed E-state index contributed by atoms with van der Waals surface area (Å²) in [6, 6.07) is 6.34. The smallest absolute Gasteiger partial charge is 0.250 e. The molecule has 108 valence electrons. The second-order valence-corrected chi connectivity index (χ2v) is 4.80. The number of nitrogens with one attached hydrogen (secondary N) is 1. The molecule has 0 bridgehead atoms. The molecule has 0 saturated carbocycles. The molecule has 1 N–H and O–H groups in total. The zero-order valence-corrected chi connectivity index (χ0v) is 12.1. The van der Waals surface area contributed by atoms with Gasteiger partial charge in [0, 0.05) is 11.8 Å². The van der Waals surface area contributed by atoms with E-state index in [-0.39, 0.29) is 11.8 Å². The van der Waals surface area contributed by atoms with Crippen LogP contribution in [0.2, 0.25) is 0 Å². The van der Waals surface area contributed by atoms with Gasteiger partial charge in [-0.3, -0.25) is 14.5 Å². The van der Waals surface area contributed by atoms with Crippen LogP contribution in [0.4, 0.5) is 5.69 Å². The molecule has 0 aromatic heterocycles. The molecule has 0 spiro atoms. The summed E-state index contributed by atoms with van der Waals surface area (Å²) in [4.78, 5) is 26.3. The van der Waals surface area contributed by atoms with Crippen molar-refractivity contribution in [2.24, 2.45) is 0 Å². The Morgan fingerprint density at radius 1 is 1.25 bits per heavy atom. The molecule has 1 aromatic carbocycles. The molecule has 1 fully saturated rings. The topological polar surface area (TPSA) is 58.6 Å². The molecule has 5 heteroatoms. The summed E-state index contributed by atoms with van der Waals surface area (Å²) in [5.74, 6) is 0.512. The lowest BCUT2D eigenvalue weighted by molar-refractivity contribution is -0.134. The van der Waals surface area contributed by atoms with Gasteiger partial charge in [-0.15, -0.1) is 0 Å². The van der Waals surface area contributed by atoms with Crippen LogP contribution in [0.5, 0.6) is 5.75 Å². The Kier molecular flexibility index (Phi) is 4.27. The Balaban J connectivity index is 2.42. The summed E-state index contributed by atoms with van der Waals surface area (Å²) in [6.45, 7) is 3.79. The van der Waals surface area contributed by atoms with E-state index in [0.29, 0.717) is 24.3 Å². The van der Waals surface area contributed by atoms with Crippen LogP contribution in [0.1, 0.15) is 26.7 Å². The Bertz CT molecular complexity index is 516. The monoisotopic (exact) mass is 276 g/mol. The molecular formula is C15H20N2O3. The highest BCUT2D eigenvalue weighted by molar-refractivity contribution is 6.08. The van der Waals surface area contributed by atoms with Crippen molar-refractivity contribution in [2.45, 2.75) is 38.8 Å². The van der Waals surface area contributed by atoms with Crippen LogP contribution in [0.25, 0.3) is 0 Å². The lowest BCUT2D eigenvalue weighted by Crippen LogP contribution is -2.63. The quantitative estimate of drug-likeness (QED) is 0.911. The van der Waals surface area contributed by atoms with E-state index in [1.165, 1.54) is 0 Å². The van der Waals surface area contributed by atoms with Gasteiger partial charge >= 0.3 is 0 Å². The van der Waals surface area contributed by atoms with Crippen LogP contribution >= 0.6 is 0 Å². The molecule has 2 unspecified atom stereocenters. The van der Waals surface area contributed by atoms with Gasteiger partial charge < -0.3 is 10.1 Å². The zero-order chi connectivity index (χ0) is 14.7. The van der Waals surface area contributed by atoms with E-state index < -0.39 is 12.1 Å². The van der Waals surface area contributed by atoms with Gasteiger partial charge in [0.15, 0.2) is 0 Å². The molecule has 1 aliphatic heterocycles. The minimum atomic E-state index is -0.461. The van der Waals surface area contributed by atoms with Gasteiger partial charge in [0.25, 0.3) is 0 Å². The standard InChI is InChI=1S/C15H20N2O3/c1-4-12-15(19)17(13(5-2)14(18)16-12)10-7-6-8-11(9-10)20-3/h6-9,12-13H,4-5H2,1-3H3,(H,16,18). The van der Waals surface area contributed by atoms with Gasteiger partial charge in [0.1, 0.15) is 17.8 Å². The highest BCUT2D eigenvalue weighted by Gasteiger charge is 2.39. The van der Waals surface area contributed by atoms with Gasteiger partial charge in [-0.05, 0) is 25.0 Å². The van der Waals surface area contributed by atoms with Crippen molar-refractivity contribution < 1.29 is 14.3 Å². The molecule has 2 rings (SSSR count). The minimum absolute atomic E-state index is 0.0628. The molecule has 1 aromatic rings. The lowest BCUT2D eigenvalue weighted by Gasteiger charge is -2.38. The fraction of sp³-hybridized carbons (Fsp3) is 0.467. The number of carbonyl (C=O) groups is 2. The van der Waals surface area contributed by atoms with Gasteiger partial charge in [0.05, 0.1) is 7.11 Å². The maximum atomic E-state index is 12.5. The van der Waals surface area contributed by atoms with Crippen molar-refractivity contribution in [1.29, 1.82) is 0 Å². The predicted molar refractivity (Wildman–Crippen MR) is 76.8 cm³/mol. The number of benzene rings is 1. The van der Waals surface area contributed by atoms with Crippen LogP contribution < -0.4 is 15.0 Å². The summed E-state index contributed by atoms with van der Waals surface area (Å²) in [5, 5.41) is 2.78. The molecule has 20 heavy (non-hydrogen) atoms. The Labute approximate surface area is 118 Å². The van der Waals surface area contributed by atoms with Crippen LogP contribution in [-0.4, -0.2) is 31.0 Å². The number of carbonyl (C=O) groups excluding carboxylic acids is 2. The van der Waals surface area contributed by atoms with Crippen LogP contribution in [0.3, 0.4) is 0 Å². The average molecular weight is 276 g/mol. The first-order valence-electron chi connectivity index (χ1n) is 6.89. The Morgan fingerprint density at radius 3 is 2.60 bits per heavy atom. The van der Waals surface area contributed by atoms with Gasteiger partial charge in [-0.1, -0.05) is 19.9 Å². The van der Waals surface area contributed by atoms with Crippen molar-refractivity contribution >= 4 is 17.5 Å². The largest absolute Gasteiger partial charge is 0.497 e. The van der Waals surface area contributed by atoms with E-state index in [1.54, 1.807) is 18.1 Å². The van der Waals surface area contributed by atoms with E-state index in [2.05, 4.69) is 5.32 Å². The molecule has 0 aliphatic carbocycles. The van der Waals surface area contributed by atoms with Crippen molar-refractivity contribution in [3.63, 3.8) is 0 Å². The highest BCUT2D eigenvalue weighted by atomic mass is 16.5. The normalized spacial score (nSPS) is 22.6. The first-order valence-corrected chi connectivity index (χ1v) is 6.89. The van der Waals surface area contributed by atoms with Crippen molar-refractivity contribution in [2.75, 3.05) is 12.0 Å². The summed E-state index contributed by atoms with van der Waals surface area (Å²) in [5.41, 5.74) is 0.703. The van der Waals surface area contributed by atoms with Gasteiger partial charge in [0.2, 0.25) is 11.8 Å². The fourth-order valence-corrected chi connectivity index (χ4v) is 2.48. The van der Waals surface area contributed by atoms with E-state index in [0.717, 1.165) is 0 Å². The molecular weight excluding hydrogens is 256 g/mol. The minimum Gasteiger partial charge on any atom is -0.497 e. The predicted octanol–water partition coefficient (Wildman–Crippen LogP) is 1.72. The number of anilines is 1. The van der Waals surface area contributed by atoms with E-state index in [4.69, 9.17) is 4.74 Å². The van der Waals surface area contributed by atoms with Crippen LogP contribution in [0, 0.1) is 0 Å². The molecule has 5 nitrogen and oxygen atoms in total. The number of nitrogens with zero attached hydrogens (tertiary/aromatic N) is 1. The molecule has 2 amide bonds. The second kappa shape index (κ2) is 5.94. The average Bonchev–Trinajstić information content (AvgIpc) is 2.48. The Hall–Kier alpha value is -2.04. The highest BCUT2D eigenvalue weighted by Crippen LogP contribution is 2.27. The van der Waals surface area contributed by atoms with Crippen LogP contribution in [0.15, 0.2) is 24.3 Å². The van der Waals surface area contributed by atoms with Crippen molar-refractivity contribution in [1.82, 2.24) is 5.32 Å².